The molecule has 0 aliphatic carbocycles. The Labute approximate surface area is 113 Å². The van der Waals surface area contributed by atoms with Gasteiger partial charge in [-0.3, -0.25) is 4.21 Å². The fourth-order valence-corrected chi connectivity index (χ4v) is 3.70. The molecular formula is C12H16INOS. The van der Waals surface area contributed by atoms with Gasteiger partial charge in [0.2, 0.25) is 0 Å². The minimum absolute atomic E-state index is 0.173. The molecule has 1 aliphatic heterocycles. The predicted molar refractivity (Wildman–Crippen MR) is 77.5 cm³/mol. The first-order valence-electron chi connectivity index (χ1n) is 5.50. The van der Waals surface area contributed by atoms with E-state index in [0.29, 0.717) is 3.92 Å². The Morgan fingerprint density at radius 2 is 2.12 bits per heavy atom. The number of hydrogen-bond donors (Lipinski definition) is 1. The summed E-state index contributed by atoms with van der Waals surface area (Å²) in [6.45, 7) is 3.90. The molecule has 1 aromatic rings. The van der Waals surface area contributed by atoms with Gasteiger partial charge >= 0.3 is 0 Å². The largest absolute Gasteiger partial charge is 0.314 e. The van der Waals surface area contributed by atoms with Crippen LogP contribution in [0.2, 0.25) is 0 Å². The minimum Gasteiger partial charge on any atom is -0.314 e. The Bertz CT molecular complexity index is 377. The monoisotopic (exact) mass is 349 g/mol. The van der Waals surface area contributed by atoms with Crippen molar-refractivity contribution in [2.75, 3.05) is 18.8 Å². The van der Waals surface area contributed by atoms with Crippen LogP contribution in [0.15, 0.2) is 24.3 Å². The van der Waals surface area contributed by atoms with Crippen LogP contribution in [0, 0.1) is 0 Å². The van der Waals surface area contributed by atoms with Crippen LogP contribution in [0.25, 0.3) is 0 Å². The molecule has 1 aliphatic rings. The molecule has 2 nitrogen and oxygen atoms in total. The van der Waals surface area contributed by atoms with E-state index in [0.717, 1.165) is 18.8 Å². The van der Waals surface area contributed by atoms with Crippen LogP contribution in [-0.4, -0.2) is 23.1 Å². The Morgan fingerprint density at radius 1 is 1.44 bits per heavy atom. The predicted octanol–water partition coefficient (Wildman–Crippen LogP) is 2.58. The first-order chi connectivity index (χ1) is 7.68. The summed E-state index contributed by atoms with van der Waals surface area (Å²) in [5.41, 5.74) is 2.53. The van der Waals surface area contributed by atoms with Gasteiger partial charge in [-0.1, -0.05) is 46.9 Å². The molecular weight excluding hydrogens is 333 g/mol. The van der Waals surface area contributed by atoms with Gasteiger partial charge in [0.25, 0.3) is 0 Å². The fourth-order valence-electron chi connectivity index (χ4n) is 1.89. The number of nitrogens with one attached hydrogen (secondary N) is 1. The molecule has 16 heavy (non-hydrogen) atoms. The van der Waals surface area contributed by atoms with Gasteiger partial charge in [0.05, 0.1) is 5.25 Å². The molecule has 3 atom stereocenters. The third-order valence-electron chi connectivity index (χ3n) is 2.89. The molecule has 4 heteroatoms. The van der Waals surface area contributed by atoms with Gasteiger partial charge in [-0.25, -0.2) is 0 Å². The highest BCUT2D eigenvalue weighted by Gasteiger charge is 2.22. The Balaban J connectivity index is 2.17. The van der Waals surface area contributed by atoms with E-state index in [9.17, 15) is 4.21 Å². The lowest BCUT2D eigenvalue weighted by Crippen LogP contribution is -2.35. The molecule has 1 aromatic carbocycles. The third-order valence-corrected chi connectivity index (χ3v) is 5.29. The van der Waals surface area contributed by atoms with E-state index in [1.807, 2.05) is 0 Å². The quantitative estimate of drug-likeness (QED) is 0.657. The van der Waals surface area contributed by atoms with Gasteiger partial charge in [-0.05, 0) is 18.1 Å². The van der Waals surface area contributed by atoms with E-state index in [-0.39, 0.29) is 5.25 Å². The van der Waals surface area contributed by atoms with Gasteiger partial charge < -0.3 is 5.32 Å². The molecule has 1 heterocycles. The molecule has 0 spiro atoms. The number of benzene rings is 1. The zero-order valence-electron chi connectivity index (χ0n) is 9.28. The molecule has 0 radical (unpaired) electrons. The molecule has 2 unspecified atom stereocenters. The van der Waals surface area contributed by atoms with Crippen LogP contribution in [0.1, 0.15) is 27.2 Å². The van der Waals surface area contributed by atoms with E-state index in [4.69, 9.17) is 0 Å². The summed E-state index contributed by atoms with van der Waals surface area (Å²) in [5, 5.41) is 3.48. The van der Waals surface area contributed by atoms with Gasteiger partial charge in [-0.15, -0.1) is 0 Å². The average Bonchev–Trinajstić information content (AvgIpc) is 2.30. The third kappa shape index (κ3) is 2.84. The maximum absolute atomic E-state index is 11.9. The average molecular weight is 349 g/mol. The summed E-state index contributed by atoms with van der Waals surface area (Å²) in [6.07, 6.45) is 0. The second-order valence-electron chi connectivity index (χ2n) is 4.06. The van der Waals surface area contributed by atoms with Crippen LogP contribution in [0.3, 0.4) is 0 Å². The van der Waals surface area contributed by atoms with Crippen molar-refractivity contribution in [3.05, 3.63) is 35.4 Å². The van der Waals surface area contributed by atoms with Gasteiger partial charge in [0.15, 0.2) is 0 Å². The summed E-state index contributed by atoms with van der Waals surface area (Å²) < 4.78 is 12.4. The number of halogens is 1. The zero-order chi connectivity index (χ0) is 11.5. The maximum Gasteiger partial charge on any atom is 0.0722 e. The van der Waals surface area contributed by atoms with E-state index >= 15 is 0 Å². The second-order valence-corrected chi connectivity index (χ2v) is 7.67. The summed E-state index contributed by atoms with van der Waals surface area (Å²) in [5.74, 6) is 0.773. The van der Waals surface area contributed by atoms with Crippen LogP contribution in [-0.2, 0) is 10.8 Å². The van der Waals surface area contributed by atoms with Crippen LogP contribution in [0.5, 0.6) is 0 Å². The SMILES string of the molecule is C[C@H](I)c1ccc(C2CNCCS2=O)cc1. The van der Waals surface area contributed by atoms with Crippen molar-refractivity contribution in [1.82, 2.24) is 5.32 Å². The van der Waals surface area contributed by atoms with Gasteiger partial charge in [-0.2, -0.15) is 0 Å². The lowest BCUT2D eigenvalue weighted by molar-refractivity contribution is 0.624. The van der Waals surface area contributed by atoms with Crippen molar-refractivity contribution >= 4 is 33.4 Å². The van der Waals surface area contributed by atoms with E-state index in [1.165, 1.54) is 11.1 Å². The molecule has 0 aromatic heterocycles. The van der Waals surface area contributed by atoms with Crippen molar-refractivity contribution in [2.45, 2.75) is 16.1 Å². The van der Waals surface area contributed by atoms with E-state index in [1.54, 1.807) is 0 Å². The Kier molecular flexibility index (Phi) is 4.38. The highest BCUT2D eigenvalue weighted by atomic mass is 127. The first kappa shape index (κ1) is 12.5. The lowest BCUT2D eigenvalue weighted by atomic mass is 10.1. The molecule has 88 valence electrons. The molecule has 2 rings (SSSR count). The lowest BCUT2D eigenvalue weighted by Gasteiger charge is -2.23. The van der Waals surface area contributed by atoms with Crippen molar-refractivity contribution < 1.29 is 4.21 Å². The van der Waals surface area contributed by atoms with Crippen LogP contribution < -0.4 is 5.32 Å². The zero-order valence-corrected chi connectivity index (χ0v) is 12.3. The summed E-state index contributed by atoms with van der Waals surface area (Å²) in [7, 11) is -0.711. The fraction of sp³-hybridized carbons (Fsp3) is 0.500. The Morgan fingerprint density at radius 3 is 2.69 bits per heavy atom. The standard InChI is InChI=1S/C12H16INOS/c1-9(13)10-2-4-11(5-3-10)12-8-14-6-7-16(12)15/h2-5,9,12,14H,6-8H2,1H3/t9-,12?,16?/m0/s1. The van der Waals surface area contributed by atoms with Crippen molar-refractivity contribution in [1.29, 1.82) is 0 Å². The van der Waals surface area contributed by atoms with E-state index in [2.05, 4.69) is 59.1 Å². The topological polar surface area (TPSA) is 29.1 Å². The molecule has 1 N–H and O–H groups in total. The number of alkyl halides is 1. The molecule has 0 amide bonds. The van der Waals surface area contributed by atoms with E-state index < -0.39 is 10.8 Å². The first-order valence-corrected chi connectivity index (χ1v) is 8.13. The Hall–Kier alpha value is 0.0600. The van der Waals surface area contributed by atoms with Crippen molar-refractivity contribution in [3.8, 4) is 0 Å². The molecule has 1 fully saturated rings. The van der Waals surface area contributed by atoms with Crippen LogP contribution >= 0.6 is 22.6 Å². The number of rotatable bonds is 2. The van der Waals surface area contributed by atoms with Gasteiger partial charge in [0, 0.05) is 33.6 Å². The molecule has 1 saturated heterocycles. The summed E-state index contributed by atoms with van der Waals surface area (Å²) in [4.78, 5) is 0. The van der Waals surface area contributed by atoms with Gasteiger partial charge in [0.1, 0.15) is 0 Å². The van der Waals surface area contributed by atoms with Crippen molar-refractivity contribution in [2.24, 2.45) is 0 Å². The normalized spacial score (nSPS) is 27.6. The molecule has 0 bridgehead atoms. The maximum atomic E-state index is 11.9. The van der Waals surface area contributed by atoms with Crippen molar-refractivity contribution in [3.63, 3.8) is 0 Å². The van der Waals surface area contributed by atoms with Crippen LogP contribution in [0.4, 0.5) is 0 Å². The smallest absolute Gasteiger partial charge is 0.0722 e. The minimum atomic E-state index is -0.711. The summed E-state index contributed by atoms with van der Waals surface area (Å²) >= 11 is 2.41. The number of hydrogen-bond acceptors (Lipinski definition) is 2. The highest BCUT2D eigenvalue weighted by molar-refractivity contribution is 14.1. The second kappa shape index (κ2) is 5.60. The highest BCUT2D eigenvalue weighted by Crippen LogP contribution is 2.26. The molecule has 0 saturated carbocycles. The summed E-state index contributed by atoms with van der Waals surface area (Å²) in [6, 6.07) is 8.55.